The lowest BCUT2D eigenvalue weighted by atomic mass is 9.99. The molecule has 0 aromatic rings. The van der Waals surface area contributed by atoms with Crippen molar-refractivity contribution in [2.45, 2.75) is 6.17 Å². The summed E-state index contributed by atoms with van der Waals surface area (Å²) in [4.78, 5) is 8.58. The fraction of sp³-hybridized carbons (Fsp3) is 0.333. The Labute approximate surface area is 76.2 Å². The van der Waals surface area contributed by atoms with E-state index < -0.39 is 0 Å². The summed E-state index contributed by atoms with van der Waals surface area (Å²) in [6.07, 6.45) is 5.80. The summed E-state index contributed by atoms with van der Waals surface area (Å²) in [6.45, 7) is 1.74. The van der Waals surface area contributed by atoms with E-state index in [4.69, 9.17) is 0 Å². The molecule has 0 bridgehead atoms. The first-order valence-electron chi connectivity index (χ1n) is 4.40. The van der Waals surface area contributed by atoms with Crippen LogP contribution in [0.2, 0.25) is 0 Å². The predicted molar refractivity (Wildman–Crippen MR) is 51.9 cm³/mol. The first kappa shape index (κ1) is 7.03. The van der Waals surface area contributed by atoms with E-state index in [9.17, 15) is 0 Å². The van der Waals surface area contributed by atoms with Gasteiger partial charge in [0.1, 0.15) is 0 Å². The molecule has 0 aliphatic carbocycles. The Bertz CT molecular complexity index is 362. The zero-order valence-corrected chi connectivity index (χ0v) is 7.12. The van der Waals surface area contributed by atoms with Crippen molar-refractivity contribution in [2.75, 3.05) is 13.2 Å². The molecule has 0 aromatic heterocycles. The maximum atomic E-state index is 4.34. The lowest BCUT2D eigenvalue weighted by Crippen LogP contribution is -2.39. The number of hydrogen-bond acceptors (Lipinski definition) is 4. The van der Waals surface area contributed by atoms with E-state index in [1.807, 2.05) is 18.5 Å². The number of rotatable bonds is 0. The normalized spacial score (nSPS) is 29.5. The van der Waals surface area contributed by atoms with Crippen LogP contribution in [0.5, 0.6) is 0 Å². The molecule has 1 unspecified atom stereocenters. The van der Waals surface area contributed by atoms with Gasteiger partial charge in [0, 0.05) is 24.5 Å². The van der Waals surface area contributed by atoms with Crippen LogP contribution < -0.4 is 10.6 Å². The topological polar surface area (TPSA) is 48.8 Å². The lowest BCUT2D eigenvalue weighted by Gasteiger charge is -2.26. The number of nitrogens with zero attached hydrogens (tertiary/aromatic N) is 2. The summed E-state index contributed by atoms with van der Waals surface area (Å²) in [5.74, 6) is 0. The Morgan fingerprint density at radius 1 is 1.38 bits per heavy atom. The zero-order chi connectivity index (χ0) is 8.67. The standard InChI is InChI=1S/C9H10N4/c1-2-11-9-6(1)7-3-10-5-13-8(7)4-12-9/h1-2,4,9-10,13H,3,5H2. The average Bonchev–Trinajstić information content (AvgIpc) is 2.65. The first-order valence-corrected chi connectivity index (χ1v) is 4.40. The highest BCUT2D eigenvalue weighted by molar-refractivity contribution is 5.87. The monoisotopic (exact) mass is 174 g/mol. The average molecular weight is 174 g/mol. The second kappa shape index (κ2) is 2.53. The highest BCUT2D eigenvalue weighted by Crippen LogP contribution is 2.26. The molecule has 0 radical (unpaired) electrons. The van der Waals surface area contributed by atoms with Gasteiger partial charge < -0.3 is 5.32 Å². The summed E-state index contributed by atoms with van der Waals surface area (Å²) in [5.41, 5.74) is 3.69. The van der Waals surface area contributed by atoms with Crippen LogP contribution in [0, 0.1) is 0 Å². The van der Waals surface area contributed by atoms with E-state index in [1.165, 1.54) is 11.1 Å². The number of nitrogens with one attached hydrogen (secondary N) is 2. The summed E-state index contributed by atoms with van der Waals surface area (Å²) in [5, 5.41) is 6.53. The fourth-order valence-electron chi connectivity index (χ4n) is 1.82. The summed E-state index contributed by atoms with van der Waals surface area (Å²) >= 11 is 0. The van der Waals surface area contributed by atoms with Crippen LogP contribution in [0.3, 0.4) is 0 Å². The Balaban J connectivity index is 2.07. The number of aliphatic imine (C=N–C) groups is 2. The van der Waals surface area contributed by atoms with E-state index in [1.54, 1.807) is 0 Å². The van der Waals surface area contributed by atoms with Gasteiger partial charge in [-0.25, -0.2) is 0 Å². The van der Waals surface area contributed by atoms with Crippen molar-refractivity contribution in [3.05, 3.63) is 22.9 Å². The number of fused-ring (bicyclic) bond motifs is 2. The van der Waals surface area contributed by atoms with Gasteiger partial charge in [-0.05, 0) is 11.6 Å². The molecule has 3 rings (SSSR count). The molecule has 0 fully saturated rings. The summed E-state index contributed by atoms with van der Waals surface area (Å²) in [7, 11) is 0. The van der Waals surface area contributed by atoms with E-state index in [-0.39, 0.29) is 6.17 Å². The third kappa shape index (κ3) is 0.954. The highest BCUT2D eigenvalue weighted by atomic mass is 15.1. The largest absolute Gasteiger partial charge is 0.371 e. The van der Waals surface area contributed by atoms with Gasteiger partial charge in [0.15, 0.2) is 6.17 Å². The molecule has 13 heavy (non-hydrogen) atoms. The Kier molecular flexibility index (Phi) is 1.37. The molecule has 0 amide bonds. The van der Waals surface area contributed by atoms with Crippen molar-refractivity contribution in [3.63, 3.8) is 0 Å². The Hall–Kier alpha value is -1.42. The van der Waals surface area contributed by atoms with Crippen molar-refractivity contribution >= 4 is 12.4 Å². The van der Waals surface area contributed by atoms with E-state index >= 15 is 0 Å². The minimum atomic E-state index is 0.0282. The van der Waals surface area contributed by atoms with Gasteiger partial charge in [-0.15, -0.1) is 0 Å². The van der Waals surface area contributed by atoms with Gasteiger partial charge >= 0.3 is 0 Å². The maximum absolute atomic E-state index is 4.34. The molecule has 3 aliphatic rings. The molecule has 4 nitrogen and oxygen atoms in total. The molecule has 2 N–H and O–H groups in total. The van der Waals surface area contributed by atoms with Gasteiger partial charge in [-0.2, -0.15) is 0 Å². The minimum Gasteiger partial charge on any atom is -0.371 e. The number of allylic oxidation sites excluding steroid dienone is 2. The van der Waals surface area contributed by atoms with Crippen molar-refractivity contribution in [3.8, 4) is 0 Å². The Morgan fingerprint density at radius 3 is 3.38 bits per heavy atom. The second-order valence-electron chi connectivity index (χ2n) is 3.24. The van der Waals surface area contributed by atoms with Crippen LogP contribution in [-0.2, 0) is 0 Å². The molecule has 4 heteroatoms. The molecule has 3 heterocycles. The van der Waals surface area contributed by atoms with Gasteiger partial charge in [0.2, 0.25) is 0 Å². The third-order valence-corrected chi connectivity index (χ3v) is 2.48. The number of hydrogen-bond donors (Lipinski definition) is 2. The molecule has 0 saturated carbocycles. The van der Waals surface area contributed by atoms with Crippen molar-refractivity contribution < 1.29 is 0 Å². The minimum absolute atomic E-state index is 0.0282. The predicted octanol–water partition coefficient (Wildman–Crippen LogP) is -0.188. The van der Waals surface area contributed by atoms with E-state index in [2.05, 4.69) is 20.6 Å². The smallest absolute Gasteiger partial charge is 0.165 e. The third-order valence-electron chi connectivity index (χ3n) is 2.48. The SMILES string of the molecule is C1=NC2N=CC3=C(CNCN3)C2=C1. The van der Waals surface area contributed by atoms with E-state index in [0.717, 1.165) is 18.9 Å². The summed E-state index contributed by atoms with van der Waals surface area (Å²) in [6, 6.07) is 0. The maximum Gasteiger partial charge on any atom is 0.165 e. The van der Waals surface area contributed by atoms with Crippen molar-refractivity contribution in [1.82, 2.24) is 10.6 Å². The van der Waals surface area contributed by atoms with Crippen LogP contribution in [0.4, 0.5) is 0 Å². The molecule has 1 atom stereocenters. The second-order valence-corrected chi connectivity index (χ2v) is 3.24. The van der Waals surface area contributed by atoms with Crippen LogP contribution >= 0.6 is 0 Å². The van der Waals surface area contributed by atoms with Gasteiger partial charge in [0.25, 0.3) is 0 Å². The zero-order valence-electron chi connectivity index (χ0n) is 7.12. The molecular weight excluding hydrogens is 164 g/mol. The summed E-state index contributed by atoms with van der Waals surface area (Å²) < 4.78 is 0. The Morgan fingerprint density at radius 2 is 2.38 bits per heavy atom. The highest BCUT2D eigenvalue weighted by Gasteiger charge is 2.25. The van der Waals surface area contributed by atoms with Gasteiger partial charge in [0.05, 0.1) is 12.4 Å². The molecule has 0 spiro atoms. The lowest BCUT2D eigenvalue weighted by molar-refractivity contribution is 0.623. The molecular formula is C9H10N4. The fourth-order valence-corrected chi connectivity index (χ4v) is 1.82. The van der Waals surface area contributed by atoms with Gasteiger partial charge in [-0.1, -0.05) is 0 Å². The van der Waals surface area contributed by atoms with Crippen molar-refractivity contribution in [2.24, 2.45) is 9.98 Å². The van der Waals surface area contributed by atoms with Crippen LogP contribution in [0.25, 0.3) is 0 Å². The molecule has 3 aliphatic heterocycles. The molecule has 0 aromatic carbocycles. The molecule has 66 valence electrons. The van der Waals surface area contributed by atoms with Crippen LogP contribution in [0.1, 0.15) is 0 Å². The van der Waals surface area contributed by atoms with Gasteiger partial charge in [-0.3, -0.25) is 15.3 Å². The molecule has 0 saturated heterocycles. The first-order chi connectivity index (χ1) is 6.45. The van der Waals surface area contributed by atoms with Crippen molar-refractivity contribution in [1.29, 1.82) is 0 Å². The van der Waals surface area contributed by atoms with E-state index in [0.29, 0.717) is 0 Å². The van der Waals surface area contributed by atoms with Crippen LogP contribution in [0.15, 0.2) is 32.9 Å². The van der Waals surface area contributed by atoms with Crippen LogP contribution in [-0.4, -0.2) is 31.8 Å². The quantitative estimate of drug-likeness (QED) is 0.535. The number of dihydropyridines is 1.